The molecule has 0 aliphatic heterocycles. The molecule has 0 aliphatic carbocycles. The van der Waals surface area contributed by atoms with Crippen LogP contribution in [0.4, 0.5) is 0 Å². The van der Waals surface area contributed by atoms with E-state index in [1.54, 1.807) is 27.7 Å². The van der Waals surface area contributed by atoms with Crippen molar-refractivity contribution in [3.05, 3.63) is 35.9 Å². The first-order valence-corrected chi connectivity index (χ1v) is 11.5. The molecule has 1 amide bonds. The Hall–Kier alpha value is -1.97. The van der Waals surface area contributed by atoms with Gasteiger partial charge >= 0.3 is 5.97 Å². The van der Waals surface area contributed by atoms with Crippen LogP contribution in [0.3, 0.4) is 0 Å². The number of carboxylic acids is 1. The fourth-order valence-electron chi connectivity index (χ4n) is 3.32. The average Bonchev–Trinajstić information content (AvgIpc) is 2.63. The van der Waals surface area contributed by atoms with Crippen molar-refractivity contribution in [1.29, 1.82) is 0 Å². The zero-order chi connectivity index (χ0) is 22.9. The molecule has 0 aliphatic rings. The Morgan fingerprint density at radius 1 is 1.17 bits per heavy atom. The highest BCUT2D eigenvalue weighted by Crippen LogP contribution is 2.36. The molecule has 1 unspecified atom stereocenters. The molecule has 0 fully saturated rings. The first-order valence-electron chi connectivity index (χ1n) is 9.90. The molecule has 0 bridgehead atoms. The number of carboxylic acid groups (broad SMARTS) is 1. The average molecular weight is 444 g/mol. The van der Waals surface area contributed by atoms with E-state index in [-0.39, 0.29) is 37.2 Å². The van der Waals surface area contributed by atoms with Gasteiger partial charge in [-0.2, -0.15) is 8.42 Å². The van der Waals surface area contributed by atoms with Crippen LogP contribution in [-0.4, -0.2) is 49.9 Å². The van der Waals surface area contributed by atoms with Crippen LogP contribution < -0.4 is 5.32 Å². The SMILES string of the molecule is CC(=O)NCCCS(=O)(=O)OC(C(C)C)C(C)(C)[C@@H](OCc1ccccc1)C(=O)O. The molecule has 0 saturated carbocycles. The van der Waals surface area contributed by atoms with Crippen LogP contribution in [0.25, 0.3) is 0 Å². The number of nitrogens with one attached hydrogen (secondary N) is 1. The van der Waals surface area contributed by atoms with E-state index in [0.717, 1.165) is 5.56 Å². The summed E-state index contributed by atoms with van der Waals surface area (Å²) in [5.74, 6) is -2.00. The minimum Gasteiger partial charge on any atom is -0.479 e. The maximum Gasteiger partial charge on any atom is 0.333 e. The highest BCUT2D eigenvalue weighted by molar-refractivity contribution is 7.86. The van der Waals surface area contributed by atoms with Crippen molar-refractivity contribution in [2.24, 2.45) is 11.3 Å². The molecule has 2 atom stereocenters. The van der Waals surface area contributed by atoms with Crippen LogP contribution in [0, 0.1) is 11.3 Å². The van der Waals surface area contributed by atoms with Crippen molar-refractivity contribution in [3.8, 4) is 0 Å². The van der Waals surface area contributed by atoms with Crippen LogP contribution in [0.1, 0.15) is 46.6 Å². The normalized spacial score (nSPS) is 14.3. The molecule has 2 N–H and O–H groups in total. The number of carbonyl (C=O) groups excluding carboxylic acids is 1. The van der Waals surface area contributed by atoms with Gasteiger partial charge in [0, 0.05) is 18.9 Å². The van der Waals surface area contributed by atoms with Gasteiger partial charge in [0.05, 0.1) is 18.5 Å². The predicted molar refractivity (Wildman–Crippen MR) is 113 cm³/mol. The summed E-state index contributed by atoms with van der Waals surface area (Å²) >= 11 is 0. The number of hydrogen-bond acceptors (Lipinski definition) is 6. The van der Waals surface area contributed by atoms with Crippen LogP contribution in [0.15, 0.2) is 30.3 Å². The molecule has 30 heavy (non-hydrogen) atoms. The zero-order valence-electron chi connectivity index (χ0n) is 18.3. The molecule has 170 valence electrons. The first-order chi connectivity index (χ1) is 13.9. The number of rotatable bonds is 13. The Labute approximate surface area is 179 Å². The molecule has 8 nitrogen and oxygen atoms in total. The van der Waals surface area contributed by atoms with Crippen LogP contribution in [-0.2, 0) is 35.2 Å². The Morgan fingerprint density at radius 3 is 2.27 bits per heavy atom. The lowest BCUT2D eigenvalue weighted by Crippen LogP contribution is -2.50. The van der Waals surface area contributed by atoms with Gasteiger partial charge in [-0.05, 0) is 17.9 Å². The van der Waals surface area contributed by atoms with Crippen LogP contribution in [0.2, 0.25) is 0 Å². The molecule has 9 heteroatoms. The monoisotopic (exact) mass is 443 g/mol. The summed E-state index contributed by atoms with van der Waals surface area (Å²) in [4.78, 5) is 22.9. The van der Waals surface area contributed by atoms with E-state index in [2.05, 4.69) is 5.32 Å². The predicted octanol–water partition coefficient (Wildman–Crippen LogP) is 2.58. The summed E-state index contributed by atoms with van der Waals surface area (Å²) in [6.45, 7) is 8.46. The van der Waals surface area contributed by atoms with Gasteiger partial charge in [-0.25, -0.2) is 4.79 Å². The van der Waals surface area contributed by atoms with Gasteiger partial charge in [0.25, 0.3) is 10.1 Å². The largest absolute Gasteiger partial charge is 0.479 e. The quantitative estimate of drug-likeness (QED) is 0.355. The highest BCUT2D eigenvalue weighted by Gasteiger charge is 2.46. The minimum absolute atomic E-state index is 0.0789. The maximum atomic E-state index is 12.5. The second-order valence-electron chi connectivity index (χ2n) is 8.20. The van der Waals surface area contributed by atoms with Gasteiger partial charge in [0.2, 0.25) is 5.91 Å². The molecule has 1 aromatic rings. The van der Waals surface area contributed by atoms with Crippen molar-refractivity contribution in [2.75, 3.05) is 12.3 Å². The molecule has 0 radical (unpaired) electrons. The van der Waals surface area contributed by atoms with E-state index < -0.39 is 33.7 Å². The van der Waals surface area contributed by atoms with E-state index >= 15 is 0 Å². The molecular formula is C21H33NO7S. The fraction of sp³-hybridized carbons (Fsp3) is 0.619. The zero-order valence-corrected chi connectivity index (χ0v) is 19.1. The molecule has 1 aromatic carbocycles. The molecular weight excluding hydrogens is 410 g/mol. The van der Waals surface area contributed by atoms with Gasteiger partial charge in [0.15, 0.2) is 6.10 Å². The van der Waals surface area contributed by atoms with Crippen molar-refractivity contribution in [3.63, 3.8) is 0 Å². The van der Waals surface area contributed by atoms with E-state index in [0.29, 0.717) is 0 Å². The number of ether oxygens (including phenoxy) is 1. The molecule has 0 heterocycles. The summed E-state index contributed by atoms with van der Waals surface area (Å²) in [6, 6.07) is 9.14. The molecule has 0 spiro atoms. The Bertz CT molecular complexity index is 791. The van der Waals surface area contributed by atoms with E-state index in [1.807, 2.05) is 30.3 Å². The van der Waals surface area contributed by atoms with Crippen molar-refractivity contribution in [2.45, 2.75) is 59.9 Å². The van der Waals surface area contributed by atoms with E-state index in [4.69, 9.17) is 8.92 Å². The van der Waals surface area contributed by atoms with Gasteiger partial charge in [-0.1, -0.05) is 58.0 Å². The Kier molecular flexibility index (Phi) is 9.93. The van der Waals surface area contributed by atoms with E-state index in [9.17, 15) is 23.1 Å². The van der Waals surface area contributed by atoms with Gasteiger partial charge in [-0.3, -0.25) is 8.98 Å². The second-order valence-corrected chi connectivity index (χ2v) is 9.91. The third-order valence-corrected chi connectivity index (χ3v) is 5.98. The van der Waals surface area contributed by atoms with Crippen LogP contribution in [0.5, 0.6) is 0 Å². The lowest BCUT2D eigenvalue weighted by molar-refractivity contribution is -0.168. The van der Waals surface area contributed by atoms with Crippen molar-refractivity contribution >= 4 is 22.0 Å². The summed E-state index contributed by atoms with van der Waals surface area (Å²) in [6.07, 6.45) is -2.00. The number of aliphatic carboxylic acids is 1. The number of benzene rings is 1. The minimum atomic E-state index is -3.93. The number of carbonyl (C=O) groups is 2. The summed E-state index contributed by atoms with van der Waals surface area (Å²) < 4.78 is 36.1. The first kappa shape index (κ1) is 26.1. The second kappa shape index (κ2) is 11.4. The topological polar surface area (TPSA) is 119 Å². The Balaban J connectivity index is 2.93. The lowest BCUT2D eigenvalue weighted by atomic mass is 9.76. The summed E-state index contributed by atoms with van der Waals surface area (Å²) in [5.41, 5.74) is -0.327. The third kappa shape index (κ3) is 8.41. The maximum absolute atomic E-state index is 12.5. The summed E-state index contributed by atoms with van der Waals surface area (Å²) in [5, 5.41) is 12.3. The van der Waals surface area contributed by atoms with Gasteiger partial charge in [-0.15, -0.1) is 0 Å². The summed E-state index contributed by atoms with van der Waals surface area (Å²) in [7, 11) is -3.93. The third-order valence-electron chi connectivity index (χ3n) is 4.69. The standard InChI is InChI=1S/C21H33NO7S/c1-15(2)18(29-30(26,27)13-9-12-22-16(3)23)21(4,5)19(20(24)25)28-14-17-10-7-6-8-11-17/h6-8,10-11,15,18-19H,9,12-14H2,1-5H3,(H,22,23)(H,24,25)/t18?,19-/m0/s1. The fourth-order valence-corrected chi connectivity index (χ4v) is 4.70. The molecule has 0 saturated heterocycles. The number of hydrogen-bond donors (Lipinski definition) is 2. The lowest BCUT2D eigenvalue weighted by Gasteiger charge is -2.39. The van der Waals surface area contributed by atoms with Gasteiger partial charge < -0.3 is 15.2 Å². The van der Waals surface area contributed by atoms with E-state index in [1.165, 1.54) is 6.92 Å². The number of amides is 1. The molecule has 1 rings (SSSR count). The Morgan fingerprint density at radius 2 is 1.77 bits per heavy atom. The smallest absolute Gasteiger partial charge is 0.333 e. The highest BCUT2D eigenvalue weighted by atomic mass is 32.2. The van der Waals surface area contributed by atoms with Gasteiger partial charge in [0.1, 0.15) is 0 Å². The van der Waals surface area contributed by atoms with Crippen LogP contribution >= 0.6 is 0 Å². The molecule has 0 aromatic heterocycles. The van der Waals surface area contributed by atoms with Crippen molar-refractivity contribution in [1.82, 2.24) is 5.32 Å². The van der Waals surface area contributed by atoms with Crippen molar-refractivity contribution < 1.29 is 32.0 Å².